The van der Waals surface area contributed by atoms with Crippen molar-refractivity contribution in [1.82, 2.24) is 24.4 Å². The van der Waals surface area contributed by atoms with Crippen LogP contribution >= 0.6 is 0 Å². The molecule has 208 valence electrons. The largest absolute Gasteiger partial charge is 0.490 e. The van der Waals surface area contributed by atoms with E-state index in [1.165, 1.54) is 5.56 Å². The summed E-state index contributed by atoms with van der Waals surface area (Å²) in [6.07, 6.45) is 12.1. The Kier molecular flexibility index (Phi) is 6.07. The third-order valence-electron chi connectivity index (χ3n) is 8.88. The minimum atomic E-state index is -0.305. The number of allylic oxidation sites excluding steroid dienone is 4. The van der Waals surface area contributed by atoms with Gasteiger partial charge in [0.1, 0.15) is 0 Å². The Morgan fingerprint density at radius 1 is 1.12 bits per heavy atom. The zero-order valence-electron chi connectivity index (χ0n) is 24.3. The summed E-state index contributed by atoms with van der Waals surface area (Å²) in [5.41, 5.74) is 12.1. The maximum atomic E-state index is 15.4. The Morgan fingerprint density at radius 3 is 2.80 bits per heavy atom. The summed E-state index contributed by atoms with van der Waals surface area (Å²) < 4.78 is 25.0. The first-order valence-electron chi connectivity index (χ1n) is 14.5. The molecule has 7 rings (SSSR count). The van der Waals surface area contributed by atoms with Crippen molar-refractivity contribution in [3.63, 3.8) is 0 Å². The number of halogens is 1. The molecule has 0 saturated heterocycles. The van der Waals surface area contributed by atoms with Crippen molar-refractivity contribution in [2.45, 2.75) is 59.3 Å². The van der Waals surface area contributed by atoms with Crippen LogP contribution in [0.5, 0.6) is 5.75 Å². The lowest BCUT2D eigenvalue weighted by Gasteiger charge is -2.23. The van der Waals surface area contributed by atoms with Crippen molar-refractivity contribution < 1.29 is 9.13 Å². The van der Waals surface area contributed by atoms with Crippen LogP contribution in [0.25, 0.3) is 33.4 Å². The van der Waals surface area contributed by atoms with Crippen LogP contribution in [0, 0.1) is 26.6 Å². The quantitative estimate of drug-likeness (QED) is 0.236. The third kappa shape index (κ3) is 4.01. The maximum Gasteiger partial charge on any atom is 0.166 e. The van der Waals surface area contributed by atoms with Crippen LogP contribution in [0.2, 0.25) is 0 Å². The summed E-state index contributed by atoms with van der Waals surface area (Å²) in [5.74, 6) is 0.338. The first kappa shape index (κ1) is 25.7. The molecule has 2 aliphatic rings. The fourth-order valence-electron chi connectivity index (χ4n) is 6.66. The summed E-state index contributed by atoms with van der Waals surface area (Å²) in [6, 6.07) is 8.22. The van der Waals surface area contributed by atoms with E-state index in [1.54, 1.807) is 6.07 Å². The van der Waals surface area contributed by atoms with E-state index in [0.717, 1.165) is 92.7 Å². The van der Waals surface area contributed by atoms with Gasteiger partial charge < -0.3 is 4.74 Å². The molecular weight excluding hydrogens is 513 g/mol. The second kappa shape index (κ2) is 9.68. The predicted molar refractivity (Wildman–Crippen MR) is 161 cm³/mol. The van der Waals surface area contributed by atoms with Crippen molar-refractivity contribution in [2.75, 3.05) is 6.61 Å². The summed E-state index contributed by atoms with van der Waals surface area (Å²) in [6.45, 7) is 8.90. The highest BCUT2D eigenvalue weighted by molar-refractivity contribution is 5.82. The van der Waals surface area contributed by atoms with E-state index >= 15 is 4.39 Å². The fourth-order valence-corrected chi connectivity index (χ4v) is 6.66. The normalized spacial score (nSPS) is 16.7. The molecule has 0 bridgehead atoms. The van der Waals surface area contributed by atoms with Gasteiger partial charge in [-0.05, 0) is 86.9 Å². The van der Waals surface area contributed by atoms with Gasteiger partial charge in [-0.3, -0.25) is 4.68 Å². The minimum Gasteiger partial charge on any atom is -0.490 e. The molecule has 7 heteroatoms. The van der Waals surface area contributed by atoms with E-state index in [9.17, 15) is 0 Å². The molecule has 0 spiro atoms. The van der Waals surface area contributed by atoms with Crippen LogP contribution in [-0.4, -0.2) is 31.0 Å². The zero-order valence-corrected chi connectivity index (χ0v) is 24.3. The molecule has 5 aromatic rings. The highest BCUT2D eigenvalue weighted by Crippen LogP contribution is 2.40. The van der Waals surface area contributed by atoms with Crippen molar-refractivity contribution in [2.24, 2.45) is 7.05 Å². The SMILES string of the molecule is CCc1c(C)nc2c(C)c(C3=CC(c4ccc5c(cnn5C)c4)CC=C3)nn2c1-c1cc(F)c2c(c1C)CCCO2. The van der Waals surface area contributed by atoms with Crippen molar-refractivity contribution in [3.05, 3.63) is 93.7 Å². The van der Waals surface area contributed by atoms with Gasteiger partial charge in [0.05, 0.1) is 29.7 Å². The van der Waals surface area contributed by atoms with Crippen molar-refractivity contribution >= 4 is 22.1 Å². The highest BCUT2D eigenvalue weighted by atomic mass is 19.1. The monoisotopic (exact) mass is 547 g/mol. The Bertz CT molecular complexity index is 1930. The Balaban J connectivity index is 1.39. The molecule has 2 aromatic carbocycles. The second-order valence-corrected chi connectivity index (χ2v) is 11.3. The van der Waals surface area contributed by atoms with Gasteiger partial charge in [0.25, 0.3) is 0 Å². The number of hydrogen-bond acceptors (Lipinski definition) is 4. The van der Waals surface area contributed by atoms with E-state index in [4.69, 9.17) is 14.8 Å². The van der Waals surface area contributed by atoms with Crippen LogP contribution in [0.3, 0.4) is 0 Å². The highest BCUT2D eigenvalue weighted by Gasteiger charge is 2.26. The average molecular weight is 548 g/mol. The van der Waals surface area contributed by atoms with E-state index in [0.29, 0.717) is 12.4 Å². The molecule has 1 aliphatic heterocycles. The van der Waals surface area contributed by atoms with E-state index in [-0.39, 0.29) is 11.7 Å². The topological polar surface area (TPSA) is 57.2 Å². The Hall–Kier alpha value is -4.26. The van der Waals surface area contributed by atoms with E-state index in [2.05, 4.69) is 62.3 Å². The number of hydrogen-bond donors (Lipinski definition) is 0. The molecule has 3 aromatic heterocycles. The van der Waals surface area contributed by atoms with Crippen LogP contribution in [0.1, 0.15) is 64.9 Å². The molecule has 0 radical (unpaired) electrons. The van der Waals surface area contributed by atoms with E-state index < -0.39 is 0 Å². The molecule has 41 heavy (non-hydrogen) atoms. The molecule has 0 N–H and O–H groups in total. The number of ether oxygens (including phenoxy) is 1. The number of fused-ring (bicyclic) bond motifs is 3. The van der Waals surface area contributed by atoms with Gasteiger partial charge in [-0.25, -0.2) is 13.9 Å². The number of aromatic nitrogens is 5. The summed E-state index contributed by atoms with van der Waals surface area (Å²) in [7, 11) is 1.97. The Labute approximate surface area is 239 Å². The standard InChI is InChI=1S/C34H34FN5O/c1-6-26-21(4)37-34-20(3)31(24-10-7-9-22(15-24)23-12-13-30-25(16-23)18-36-39(30)5)38-40(34)32(26)28-17-29(35)33-27(19(28)2)11-8-14-41-33/h7,10,12-13,15-18,22H,6,8-9,11,14H2,1-5H3. The second-order valence-electron chi connectivity index (χ2n) is 11.3. The smallest absolute Gasteiger partial charge is 0.166 e. The number of nitrogens with zero attached hydrogens (tertiary/aromatic N) is 5. The molecule has 1 unspecified atom stereocenters. The number of aryl methyl sites for hydroxylation is 3. The van der Waals surface area contributed by atoms with Crippen LogP contribution in [0.15, 0.2) is 48.7 Å². The molecule has 1 atom stereocenters. The molecule has 0 fully saturated rings. The van der Waals surface area contributed by atoms with Gasteiger partial charge in [-0.15, -0.1) is 0 Å². The number of benzene rings is 2. The molecule has 1 aliphatic carbocycles. The van der Waals surface area contributed by atoms with Gasteiger partial charge in [-0.1, -0.05) is 31.2 Å². The van der Waals surface area contributed by atoms with E-state index in [1.807, 2.05) is 29.4 Å². The summed E-state index contributed by atoms with van der Waals surface area (Å²) >= 11 is 0. The van der Waals surface area contributed by atoms with Gasteiger partial charge >= 0.3 is 0 Å². The lowest BCUT2D eigenvalue weighted by molar-refractivity contribution is 0.273. The maximum absolute atomic E-state index is 15.4. The summed E-state index contributed by atoms with van der Waals surface area (Å²) in [5, 5.41) is 10.7. The van der Waals surface area contributed by atoms with Gasteiger partial charge in [0.15, 0.2) is 17.2 Å². The molecule has 6 nitrogen and oxygen atoms in total. The van der Waals surface area contributed by atoms with Crippen LogP contribution < -0.4 is 4.74 Å². The molecule has 0 amide bonds. The van der Waals surface area contributed by atoms with Crippen molar-refractivity contribution in [3.8, 4) is 17.0 Å². The molecule has 4 heterocycles. The lowest BCUT2D eigenvalue weighted by Crippen LogP contribution is -2.13. The summed E-state index contributed by atoms with van der Waals surface area (Å²) in [4.78, 5) is 5.02. The number of rotatable bonds is 4. The van der Waals surface area contributed by atoms with Gasteiger partial charge in [0, 0.05) is 40.7 Å². The van der Waals surface area contributed by atoms with Crippen LogP contribution in [0.4, 0.5) is 4.39 Å². The minimum absolute atomic E-state index is 0.237. The first-order chi connectivity index (χ1) is 19.9. The first-order valence-corrected chi connectivity index (χ1v) is 14.5. The third-order valence-corrected chi connectivity index (χ3v) is 8.88. The Morgan fingerprint density at radius 2 is 1.98 bits per heavy atom. The average Bonchev–Trinajstić information content (AvgIpc) is 3.53. The fraction of sp³-hybridized carbons (Fsp3) is 0.324. The lowest BCUT2D eigenvalue weighted by atomic mass is 9.88. The van der Waals surface area contributed by atoms with Crippen LogP contribution in [-0.2, 0) is 19.9 Å². The zero-order chi connectivity index (χ0) is 28.4. The predicted octanol–water partition coefficient (Wildman–Crippen LogP) is 7.36. The molecular formula is C34H34FN5O. The molecule has 0 saturated carbocycles. The van der Waals surface area contributed by atoms with Gasteiger partial charge in [-0.2, -0.15) is 10.2 Å². The van der Waals surface area contributed by atoms with Crippen molar-refractivity contribution in [1.29, 1.82) is 0 Å². The van der Waals surface area contributed by atoms with Gasteiger partial charge in [0.2, 0.25) is 0 Å².